The van der Waals surface area contributed by atoms with Crippen molar-refractivity contribution in [3.05, 3.63) is 35.8 Å². The lowest BCUT2D eigenvalue weighted by Crippen LogP contribution is -2.43. The molecule has 0 aliphatic rings. The van der Waals surface area contributed by atoms with Gasteiger partial charge in [-0.1, -0.05) is 19.9 Å². The van der Waals surface area contributed by atoms with E-state index in [1.807, 2.05) is 13.8 Å². The molecule has 132 valence electrons. The van der Waals surface area contributed by atoms with Gasteiger partial charge in [0.2, 0.25) is 18.2 Å². The van der Waals surface area contributed by atoms with Gasteiger partial charge in [-0.3, -0.25) is 14.4 Å². The molecule has 1 rings (SSSR count). The fraction of sp³-hybridized carbons (Fsp3) is 0.471. The highest BCUT2D eigenvalue weighted by Gasteiger charge is 2.22. The van der Waals surface area contributed by atoms with Crippen LogP contribution < -0.4 is 10.6 Å². The first-order chi connectivity index (χ1) is 11.4. The van der Waals surface area contributed by atoms with Crippen LogP contribution in [-0.4, -0.2) is 42.8 Å². The molecule has 0 unspecified atom stereocenters. The monoisotopic (exact) mass is 335 g/mol. The van der Waals surface area contributed by atoms with Crippen LogP contribution in [0.15, 0.2) is 34.5 Å². The molecule has 3 amide bonds. The number of hydrogen-bond donors (Lipinski definition) is 2. The summed E-state index contributed by atoms with van der Waals surface area (Å²) in [5.74, 6) is 0.344. The molecule has 1 aromatic rings. The summed E-state index contributed by atoms with van der Waals surface area (Å²) in [5.41, 5.74) is 0.517. The third-order valence-corrected chi connectivity index (χ3v) is 3.64. The Morgan fingerprint density at radius 2 is 2.08 bits per heavy atom. The second kappa shape index (κ2) is 9.54. The molecule has 7 nitrogen and oxygen atoms in total. The lowest BCUT2D eigenvalue weighted by atomic mass is 10.00. The summed E-state index contributed by atoms with van der Waals surface area (Å²) in [6, 6.07) is 3.29. The van der Waals surface area contributed by atoms with Crippen LogP contribution in [0.3, 0.4) is 0 Å². The van der Waals surface area contributed by atoms with Crippen LogP contribution >= 0.6 is 0 Å². The van der Waals surface area contributed by atoms with E-state index in [2.05, 4.69) is 10.6 Å². The molecule has 2 N–H and O–H groups in total. The van der Waals surface area contributed by atoms with Gasteiger partial charge in [0, 0.05) is 12.6 Å². The molecule has 1 heterocycles. The maximum absolute atomic E-state index is 12.2. The second-order valence-corrected chi connectivity index (χ2v) is 5.85. The summed E-state index contributed by atoms with van der Waals surface area (Å²) < 4.78 is 5.17. The van der Waals surface area contributed by atoms with Gasteiger partial charge in [0.25, 0.3) is 0 Å². The van der Waals surface area contributed by atoms with Crippen LogP contribution in [-0.2, 0) is 20.9 Å². The van der Waals surface area contributed by atoms with Gasteiger partial charge in [0.15, 0.2) is 0 Å². The fourth-order valence-electron chi connectivity index (χ4n) is 2.22. The zero-order valence-corrected chi connectivity index (χ0v) is 14.5. The first-order valence-corrected chi connectivity index (χ1v) is 7.78. The number of hydrogen-bond acceptors (Lipinski definition) is 4. The van der Waals surface area contributed by atoms with Crippen molar-refractivity contribution in [2.45, 2.75) is 33.4 Å². The highest BCUT2D eigenvalue weighted by atomic mass is 16.3. The van der Waals surface area contributed by atoms with Crippen molar-refractivity contribution in [3.8, 4) is 0 Å². The minimum atomic E-state index is -0.250. The zero-order valence-electron chi connectivity index (χ0n) is 14.5. The van der Waals surface area contributed by atoms with Crippen LogP contribution in [0.1, 0.15) is 26.5 Å². The van der Waals surface area contributed by atoms with Crippen molar-refractivity contribution in [2.75, 3.05) is 13.6 Å². The maximum Gasteiger partial charge on any atom is 0.247 e. The van der Waals surface area contributed by atoms with Crippen molar-refractivity contribution >= 4 is 18.2 Å². The number of carbonyl (C=O) groups is 3. The molecule has 24 heavy (non-hydrogen) atoms. The molecule has 0 radical (unpaired) electrons. The molecule has 0 saturated heterocycles. The smallest absolute Gasteiger partial charge is 0.247 e. The Kier molecular flexibility index (Phi) is 7.74. The summed E-state index contributed by atoms with van der Waals surface area (Å²) in [4.78, 5) is 36.1. The van der Waals surface area contributed by atoms with Gasteiger partial charge in [0.1, 0.15) is 5.76 Å². The van der Waals surface area contributed by atoms with Gasteiger partial charge in [-0.05, 0) is 25.0 Å². The van der Waals surface area contributed by atoms with Crippen molar-refractivity contribution in [3.63, 3.8) is 0 Å². The van der Waals surface area contributed by atoms with Crippen molar-refractivity contribution < 1.29 is 18.8 Å². The Morgan fingerprint density at radius 1 is 1.38 bits per heavy atom. The minimum absolute atomic E-state index is 0.0687. The van der Waals surface area contributed by atoms with E-state index in [0.717, 1.165) is 0 Å². The maximum atomic E-state index is 12.2. The van der Waals surface area contributed by atoms with Gasteiger partial charge in [-0.15, -0.1) is 0 Å². The van der Waals surface area contributed by atoms with Crippen LogP contribution in [0.2, 0.25) is 0 Å². The Balaban J connectivity index is 2.72. The van der Waals surface area contributed by atoms with E-state index in [1.165, 1.54) is 4.90 Å². The molecule has 7 heteroatoms. The number of nitrogens with zero attached hydrogens (tertiary/aromatic N) is 1. The summed E-state index contributed by atoms with van der Waals surface area (Å²) in [6.07, 6.45) is 3.80. The molecular formula is C17H25N3O4. The van der Waals surface area contributed by atoms with Crippen LogP contribution in [0.5, 0.6) is 0 Å². The molecular weight excluding hydrogens is 310 g/mol. The van der Waals surface area contributed by atoms with Gasteiger partial charge in [-0.2, -0.15) is 0 Å². The first-order valence-electron chi connectivity index (χ1n) is 7.78. The first kappa shape index (κ1) is 19.5. The number of carbonyl (C=O) groups excluding carboxylic acids is 3. The molecule has 1 aromatic heterocycles. The zero-order chi connectivity index (χ0) is 18.1. The number of amides is 3. The predicted molar refractivity (Wildman–Crippen MR) is 89.8 cm³/mol. The van der Waals surface area contributed by atoms with Crippen molar-refractivity contribution in [1.29, 1.82) is 0 Å². The van der Waals surface area contributed by atoms with Gasteiger partial charge in [-0.25, -0.2) is 0 Å². The second-order valence-electron chi connectivity index (χ2n) is 5.85. The average Bonchev–Trinajstić information content (AvgIpc) is 3.07. The molecule has 0 aliphatic carbocycles. The highest BCUT2D eigenvalue weighted by molar-refractivity contribution is 5.93. The van der Waals surface area contributed by atoms with Gasteiger partial charge >= 0.3 is 0 Å². The Labute approximate surface area is 142 Å². The number of nitrogens with one attached hydrogen (secondary N) is 2. The predicted octanol–water partition coefficient (Wildman–Crippen LogP) is 1.07. The summed E-state index contributed by atoms with van der Waals surface area (Å²) in [7, 11) is 1.66. The summed E-state index contributed by atoms with van der Waals surface area (Å²) >= 11 is 0. The third-order valence-electron chi connectivity index (χ3n) is 3.64. The van der Waals surface area contributed by atoms with Gasteiger partial charge < -0.3 is 20.0 Å². The number of rotatable bonds is 9. The van der Waals surface area contributed by atoms with Crippen molar-refractivity contribution in [2.24, 2.45) is 5.92 Å². The van der Waals surface area contributed by atoms with E-state index in [4.69, 9.17) is 4.42 Å². The third kappa shape index (κ3) is 5.91. The molecule has 0 bridgehead atoms. The van der Waals surface area contributed by atoms with Crippen LogP contribution in [0, 0.1) is 5.92 Å². The van der Waals surface area contributed by atoms with E-state index < -0.39 is 0 Å². The highest BCUT2D eigenvalue weighted by Crippen LogP contribution is 2.13. The summed E-state index contributed by atoms with van der Waals surface area (Å²) in [5, 5.41) is 5.12. The van der Waals surface area contributed by atoms with E-state index in [-0.39, 0.29) is 30.3 Å². The Hall–Kier alpha value is -2.57. The molecule has 1 atom stereocenters. The number of likely N-dealkylation sites (N-methyl/N-ethyl adjacent to an activating group) is 1. The van der Waals surface area contributed by atoms with Gasteiger partial charge in [0.05, 0.1) is 25.4 Å². The van der Waals surface area contributed by atoms with Crippen LogP contribution in [0.25, 0.3) is 0 Å². The topological polar surface area (TPSA) is 91.7 Å². The van der Waals surface area contributed by atoms with Crippen molar-refractivity contribution in [1.82, 2.24) is 15.5 Å². The average molecular weight is 335 g/mol. The van der Waals surface area contributed by atoms with Crippen LogP contribution in [0.4, 0.5) is 0 Å². The molecule has 0 saturated carbocycles. The molecule has 0 aliphatic heterocycles. The number of furan rings is 1. The normalized spacial score (nSPS) is 12.6. The van der Waals surface area contributed by atoms with E-state index in [9.17, 15) is 14.4 Å². The van der Waals surface area contributed by atoms with E-state index >= 15 is 0 Å². The van der Waals surface area contributed by atoms with E-state index in [0.29, 0.717) is 24.3 Å². The Morgan fingerprint density at radius 3 is 2.62 bits per heavy atom. The molecule has 0 spiro atoms. The Bertz CT molecular complexity index is 579. The lowest BCUT2D eigenvalue weighted by molar-refractivity contribution is -0.132. The van der Waals surface area contributed by atoms with E-state index in [1.54, 1.807) is 38.4 Å². The fourth-order valence-corrected chi connectivity index (χ4v) is 2.22. The minimum Gasteiger partial charge on any atom is -0.467 e. The standard InChI is InChI=1S/C17H25N3O4/c1-12(2)15(20(4)16(22)10-18-11-21)8-13(3)17(23)19-9-14-6-5-7-24-14/h5-8,11-12,15H,9-10H2,1-4H3,(H,18,21)(H,19,23)/b13-8+/t15-/m1/s1. The lowest BCUT2D eigenvalue weighted by Gasteiger charge is -2.29. The molecule has 0 aromatic carbocycles. The summed E-state index contributed by atoms with van der Waals surface area (Å²) in [6.45, 7) is 5.87. The SMILES string of the molecule is C/C(=C\[C@H](C(C)C)N(C)C(=O)CNC=O)C(=O)NCc1ccco1. The largest absolute Gasteiger partial charge is 0.467 e. The quantitative estimate of drug-likeness (QED) is 0.522. The molecule has 0 fully saturated rings.